The Balaban J connectivity index is 1.32. The van der Waals surface area contributed by atoms with Crippen LogP contribution in [0.5, 0.6) is 11.5 Å². The second kappa shape index (κ2) is 9.94. The molecule has 8 nitrogen and oxygen atoms in total. The highest BCUT2D eigenvalue weighted by molar-refractivity contribution is 7.18. The maximum absolute atomic E-state index is 13.2. The molecule has 0 saturated heterocycles. The molecule has 1 aromatic heterocycles. The molecule has 0 fully saturated rings. The van der Waals surface area contributed by atoms with Crippen LogP contribution in [-0.4, -0.2) is 34.8 Å². The zero-order valence-electron chi connectivity index (χ0n) is 18.9. The molecule has 3 aromatic carbocycles. The van der Waals surface area contributed by atoms with Gasteiger partial charge in [0.2, 0.25) is 17.8 Å². The largest absolute Gasteiger partial charge is 0.454 e. The third-order valence-corrected chi connectivity index (χ3v) is 6.38. The number of carbonyl (C=O) groups excluding carboxylic acids is 2. The maximum atomic E-state index is 13.2. The van der Waals surface area contributed by atoms with E-state index in [4.69, 9.17) is 9.47 Å². The predicted octanol–water partition coefficient (Wildman–Crippen LogP) is 4.22. The number of nitrogens with zero attached hydrogens (tertiary/aromatic N) is 2. The summed E-state index contributed by atoms with van der Waals surface area (Å²) in [5.74, 6) is 0.631. The van der Waals surface area contributed by atoms with Gasteiger partial charge in [0.05, 0.1) is 0 Å². The number of benzene rings is 3. The van der Waals surface area contributed by atoms with E-state index in [0.29, 0.717) is 33.6 Å². The zero-order valence-corrected chi connectivity index (χ0v) is 19.7. The number of ether oxygens (including phenoxy) is 2. The van der Waals surface area contributed by atoms with Crippen molar-refractivity contribution in [3.05, 3.63) is 89.5 Å². The first-order chi connectivity index (χ1) is 17.0. The molecule has 2 N–H and O–H groups in total. The van der Waals surface area contributed by atoms with Crippen LogP contribution in [0.15, 0.2) is 72.8 Å². The quantitative estimate of drug-likeness (QED) is 0.406. The minimum atomic E-state index is -0.802. The Labute approximate surface area is 205 Å². The van der Waals surface area contributed by atoms with Crippen LogP contribution in [0, 0.1) is 6.92 Å². The molecule has 0 spiro atoms. The summed E-state index contributed by atoms with van der Waals surface area (Å²) in [6.45, 7) is 2.14. The summed E-state index contributed by atoms with van der Waals surface area (Å²) in [7, 11) is 0. The van der Waals surface area contributed by atoms with Gasteiger partial charge in [-0.25, -0.2) is 0 Å². The molecule has 0 bridgehead atoms. The van der Waals surface area contributed by atoms with Gasteiger partial charge in [0.15, 0.2) is 11.5 Å². The van der Waals surface area contributed by atoms with Gasteiger partial charge in [-0.3, -0.25) is 14.9 Å². The lowest BCUT2D eigenvalue weighted by Gasteiger charge is -2.18. The first kappa shape index (κ1) is 22.5. The molecule has 5 rings (SSSR count). The highest BCUT2D eigenvalue weighted by Gasteiger charge is 2.24. The molecular formula is C26H22N4O4S. The Morgan fingerprint density at radius 2 is 1.74 bits per heavy atom. The summed E-state index contributed by atoms with van der Waals surface area (Å²) in [6, 6.07) is 21.4. The molecule has 0 unspecified atom stereocenters. The van der Waals surface area contributed by atoms with Crippen molar-refractivity contribution in [3.8, 4) is 22.1 Å². The van der Waals surface area contributed by atoms with Crippen molar-refractivity contribution in [3.63, 3.8) is 0 Å². The summed E-state index contributed by atoms with van der Waals surface area (Å²) in [5.41, 5.74) is 3.27. The minimum absolute atomic E-state index is 0.188. The molecule has 2 heterocycles. The van der Waals surface area contributed by atoms with Crippen LogP contribution in [0.25, 0.3) is 10.6 Å². The number of hydrogen-bond donors (Lipinski definition) is 2. The molecule has 1 atom stereocenters. The molecule has 9 heteroatoms. The van der Waals surface area contributed by atoms with Crippen LogP contribution < -0.4 is 20.1 Å². The van der Waals surface area contributed by atoms with Crippen molar-refractivity contribution < 1.29 is 19.1 Å². The minimum Gasteiger partial charge on any atom is -0.454 e. The fourth-order valence-corrected chi connectivity index (χ4v) is 4.36. The van der Waals surface area contributed by atoms with E-state index in [9.17, 15) is 9.59 Å². The van der Waals surface area contributed by atoms with E-state index >= 15 is 0 Å². The van der Waals surface area contributed by atoms with Crippen molar-refractivity contribution in [1.82, 2.24) is 15.5 Å². The van der Waals surface area contributed by atoms with Gasteiger partial charge < -0.3 is 14.8 Å². The summed E-state index contributed by atoms with van der Waals surface area (Å²) >= 11 is 1.24. The molecule has 0 aliphatic carbocycles. The zero-order chi connectivity index (χ0) is 24.2. The highest BCUT2D eigenvalue weighted by Crippen LogP contribution is 2.37. The van der Waals surface area contributed by atoms with Crippen molar-refractivity contribution >= 4 is 28.3 Å². The number of nitrogens with one attached hydrogen (secondary N) is 2. The molecule has 4 aromatic rings. The van der Waals surface area contributed by atoms with Gasteiger partial charge in [0, 0.05) is 17.5 Å². The average Bonchev–Trinajstić information content (AvgIpc) is 3.53. The van der Waals surface area contributed by atoms with Gasteiger partial charge >= 0.3 is 0 Å². The number of carbonyl (C=O) groups is 2. The van der Waals surface area contributed by atoms with E-state index in [2.05, 4.69) is 20.8 Å². The van der Waals surface area contributed by atoms with E-state index in [0.717, 1.165) is 16.7 Å². The SMILES string of the molecule is Cc1ccc(C(=O)N[C@@H](Cc2ccccc2)C(=O)Nc2nnc(-c3ccc4c(c3)OCO4)s2)cc1. The van der Waals surface area contributed by atoms with E-state index in [1.807, 2.05) is 67.6 Å². The van der Waals surface area contributed by atoms with Crippen LogP contribution in [0.3, 0.4) is 0 Å². The molecule has 0 radical (unpaired) electrons. The average molecular weight is 487 g/mol. The summed E-state index contributed by atoms with van der Waals surface area (Å²) in [6.07, 6.45) is 0.331. The monoisotopic (exact) mass is 486 g/mol. The Morgan fingerprint density at radius 1 is 0.971 bits per heavy atom. The van der Waals surface area contributed by atoms with Gasteiger partial charge in [0.25, 0.3) is 5.91 Å². The molecular weight excluding hydrogens is 464 g/mol. The number of amides is 2. The third-order valence-electron chi connectivity index (χ3n) is 5.49. The summed E-state index contributed by atoms with van der Waals surface area (Å²) in [4.78, 5) is 26.1. The van der Waals surface area contributed by atoms with Crippen molar-refractivity contribution in [2.75, 3.05) is 12.1 Å². The molecule has 35 heavy (non-hydrogen) atoms. The molecule has 2 amide bonds. The standard InChI is InChI=1S/C26H22N4O4S/c1-16-7-9-18(10-8-16)23(31)27-20(13-17-5-3-2-4-6-17)24(32)28-26-30-29-25(35-26)19-11-12-21-22(14-19)34-15-33-21/h2-12,14,20H,13,15H2,1H3,(H,27,31)(H,28,30,32)/t20-/m0/s1. The smallest absolute Gasteiger partial charge is 0.251 e. The van der Waals surface area contributed by atoms with Crippen molar-refractivity contribution in [1.29, 1.82) is 0 Å². The van der Waals surface area contributed by atoms with E-state index in [1.54, 1.807) is 12.1 Å². The number of aryl methyl sites for hydroxylation is 1. The molecule has 1 aliphatic rings. The lowest BCUT2D eigenvalue weighted by Crippen LogP contribution is -2.45. The van der Waals surface area contributed by atoms with Crippen molar-refractivity contribution in [2.45, 2.75) is 19.4 Å². The summed E-state index contributed by atoms with van der Waals surface area (Å²) in [5, 5.41) is 14.9. The van der Waals surface area contributed by atoms with E-state index < -0.39 is 6.04 Å². The number of aromatic nitrogens is 2. The van der Waals surface area contributed by atoms with Crippen LogP contribution in [0.1, 0.15) is 21.5 Å². The number of rotatable bonds is 7. The number of hydrogen-bond acceptors (Lipinski definition) is 7. The van der Waals surface area contributed by atoms with Gasteiger partial charge in [-0.15, -0.1) is 10.2 Å². The van der Waals surface area contributed by atoms with Gasteiger partial charge in [-0.05, 0) is 42.8 Å². The van der Waals surface area contributed by atoms with Crippen LogP contribution in [0.4, 0.5) is 5.13 Å². The second-order valence-corrected chi connectivity index (χ2v) is 9.03. The Kier molecular flexibility index (Phi) is 6.40. The lowest BCUT2D eigenvalue weighted by molar-refractivity contribution is -0.118. The van der Waals surface area contributed by atoms with Crippen molar-refractivity contribution in [2.24, 2.45) is 0 Å². The lowest BCUT2D eigenvalue weighted by atomic mass is 10.0. The molecule has 1 aliphatic heterocycles. The topological polar surface area (TPSA) is 102 Å². The van der Waals surface area contributed by atoms with Gasteiger partial charge in [0.1, 0.15) is 11.0 Å². The van der Waals surface area contributed by atoms with Crippen LogP contribution >= 0.6 is 11.3 Å². The molecule has 176 valence electrons. The number of fused-ring (bicyclic) bond motifs is 1. The van der Waals surface area contributed by atoms with Gasteiger partial charge in [-0.2, -0.15) is 0 Å². The predicted molar refractivity (Wildman–Crippen MR) is 133 cm³/mol. The highest BCUT2D eigenvalue weighted by atomic mass is 32.1. The van der Waals surface area contributed by atoms with E-state index in [-0.39, 0.29) is 18.6 Å². The Morgan fingerprint density at radius 3 is 2.54 bits per heavy atom. The Bertz CT molecular complexity index is 1360. The van der Waals surface area contributed by atoms with Crippen LogP contribution in [0.2, 0.25) is 0 Å². The maximum Gasteiger partial charge on any atom is 0.251 e. The van der Waals surface area contributed by atoms with E-state index in [1.165, 1.54) is 11.3 Å². The fraction of sp³-hybridized carbons (Fsp3) is 0.154. The fourth-order valence-electron chi connectivity index (χ4n) is 3.62. The first-order valence-corrected chi connectivity index (χ1v) is 11.8. The summed E-state index contributed by atoms with van der Waals surface area (Å²) < 4.78 is 10.8. The number of anilines is 1. The van der Waals surface area contributed by atoms with Crippen LogP contribution in [-0.2, 0) is 11.2 Å². The third kappa shape index (κ3) is 5.30. The normalized spacial score (nSPS) is 12.7. The second-order valence-electron chi connectivity index (χ2n) is 8.05. The first-order valence-electron chi connectivity index (χ1n) is 11.0. The van der Waals surface area contributed by atoms with Gasteiger partial charge in [-0.1, -0.05) is 59.4 Å². The molecule has 0 saturated carbocycles. The Hall–Kier alpha value is -4.24.